The smallest absolute Gasteiger partial charge is 0.259 e. The number of carbonyl (C=O) groups is 3. The normalized spacial score (nSPS) is 19.8. The van der Waals surface area contributed by atoms with Crippen LogP contribution in [0.2, 0.25) is 0 Å². The van der Waals surface area contributed by atoms with Gasteiger partial charge in [0.2, 0.25) is 0 Å². The summed E-state index contributed by atoms with van der Waals surface area (Å²) in [6.07, 6.45) is -3.08. The van der Waals surface area contributed by atoms with E-state index in [0.29, 0.717) is 48.9 Å². The fourth-order valence-corrected chi connectivity index (χ4v) is 3.76. The number of hydrogen-bond acceptors (Lipinski definition) is 7. The number of benzene rings is 2. The minimum atomic E-state index is -1.71. The number of hydrogen-bond donors (Lipinski definition) is 3. The molecule has 0 saturated carbocycles. The number of nitrogens with two attached hydrogens (primary N) is 1. The third-order valence-corrected chi connectivity index (χ3v) is 5.56. The number of ether oxygens (including phenoxy) is 2. The van der Waals surface area contributed by atoms with Crippen LogP contribution in [0.5, 0.6) is 0 Å². The zero-order chi connectivity index (χ0) is 23.4. The fraction of sp³-hybridized carbons (Fsp3) is 0.348. The van der Waals surface area contributed by atoms with Crippen LogP contribution in [0.4, 0.5) is 17.1 Å². The van der Waals surface area contributed by atoms with Gasteiger partial charge in [-0.25, -0.2) is 0 Å². The highest BCUT2D eigenvalue weighted by Crippen LogP contribution is 2.23. The van der Waals surface area contributed by atoms with Crippen LogP contribution in [0.3, 0.4) is 0 Å². The van der Waals surface area contributed by atoms with Crippen molar-refractivity contribution in [3.63, 3.8) is 0 Å². The van der Waals surface area contributed by atoms with Crippen molar-refractivity contribution in [1.82, 2.24) is 4.90 Å². The van der Waals surface area contributed by atoms with Crippen LogP contribution in [-0.4, -0.2) is 79.4 Å². The Kier molecular flexibility index (Phi) is 6.87. The summed E-state index contributed by atoms with van der Waals surface area (Å²) < 4.78 is 10.7. The Hall–Kier alpha value is -3.47. The molecule has 2 fully saturated rings. The van der Waals surface area contributed by atoms with E-state index in [9.17, 15) is 19.5 Å². The lowest BCUT2D eigenvalue weighted by Crippen LogP contribution is -2.55. The molecule has 4 rings (SSSR count). The maximum Gasteiger partial charge on any atom is 0.259 e. The van der Waals surface area contributed by atoms with Gasteiger partial charge in [0.15, 0.2) is 12.2 Å². The van der Waals surface area contributed by atoms with Crippen molar-refractivity contribution in [1.29, 1.82) is 0 Å². The molecule has 2 aromatic rings. The van der Waals surface area contributed by atoms with E-state index in [1.165, 1.54) is 4.90 Å². The van der Waals surface area contributed by atoms with Crippen molar-refractivity contribution in [3.05, 3.63) is 54.1 Å². The number of nitrogen functional groups attached to an aromatic ring is 1. The quantitative estimate of drug-likeness (QED) is 0.559. The molecule has 174 valence electrons. The van der Waals surface area contributed by atoms with E-state index in [1.807, 2.05) is 0 Å². The van der Waals surface area contributed by atoms with E-state index in [1.54, 1.807) is 53.4 Å². The number of amides is 3. The molecule has 2 atom stereocenters. The molecule has 2 saturated heterocycles. The molecule has 2 aromatic carbocycles. The molecule has 10 nitrogen and oxygen atoms in total. The van der Waals surface area contributed by atoms with Gasteiger partial charge in [-0.15, -0.1) is 0 Å². The Labute approximate surface area is 190 Å². The highest BCUT2D eigenvalue weighted by atomic mass is 16.5. The van der Waals surface area contributed by atoms with Gasteiger partial charge in [0.05, 0.1) is 19.8 Å². The average molecular weight is 454 g/mol. The van der Waals surface area contributed by atoms with Gasteiger partial charge >= 0.3 is 0 Å². The molecule has 0 bridgehead atoms. The highest BCUT2D eigenvalue weighted by Gasteiger charge is 2.39. The Morgan fingerprint density at radius 1 is 1.06 bits per heavy atom. The van der Waals surface area contributed by atoms with Gasteiger partial charge in [-0.1, -0.05) is 6.07 Å². The molecule has 0 radical (unpaired) electrons. The second-order valence-electron chi connectivity index (χ2n) is 7.79. The first-order chi connectivity index (χ1) is 15.9. The molecule has 2 aliphatic heterocycles. The average Bonchev–Trinajstić information content (AvgIpc) is 2.85. The number of anilines is 3. The second-order valence-corrected chi connectivity index (χ2v) is 7.79. The molecule has 33 heavy (non-hydrogen) atoms. The standard InChI is InChI=1S/C23H26N4O6/c24-16-4-6-17(7-5-16)25-21(29)19(28)20-23(31)27(10-13-33-20)18-3-1-2-15(14-18)22(30)26-8-11-32-12-9-26/h1-7,14,19-20,28H,8-13,24H2,(H,25,29)/t19-,20-/m1/s1. The SMILES string of the molecule is Nc1ccc(NC(=O)[C@H](O)[C@H]2OCCN(c3cccc(C(=O)N4CCOCC4)c3)C2=O)cc1. The van der Waals surface area contributed by atoms with Gasteiger partial charge in [-0.05, 0) is 42.5 Å². The largest absolute Gasteiger partial charge is 0.399 e. The summed E-state index contributed by atoms with van der Waals surface area (Å²) in [5, 5.41) is 13.1. The van der Waals surface area contributed by atoms with Crippen LogP contribution in [0, 0.1) is 0 Å². The zero-order valence-corrected chi connectivity index (χ0v) is 18.0. The third-order valence-electron chi connectivity index (χ3n) is 5.56. The summed E-state index contributed by atoms with van der Waals surface area (Å²) >= 11 is 0. The van der Waals surface area contributed by atoms with E-state index in [4.69, 9.17) is 15.2 Å². The number of aliphatic hydroxyl groups excluding tert-OH is 1. The number of nitrogens with zero attached hydrogens (tertiary/aromatic N) is 2. The first-order valence-corrected chi connectivity index (χ1v) is 10.7. The van der Waals surface area contributed by atoms with Crippen molar-refractivity contribution in [2.75, 3.05) is 55.4 Å². The maximum atomic E-state index is 13.1. The minimum Gasteiger partial charge on any atom is -0.399 e. The number of nitrogens with one attached hydrogen (secondary N) is 1. The Bertz CT molecular complexity index is 1020. The topological polar surface area (TPSA) is 134 Å². The molecule has 0 aliphatic carbocycles. The van der Waals surface area contributed by atoms with Crippen LogP contribution in [0.1, 0.15) is 10.4 Å². The molecule has 2 aliphatic rings. The van der Waals surface area contributed by atoms with Gasteiger partial charge in [0, 0.05) is 42.3 Å². The molecule has 10 heteroatoms. The predicted molar refractivity (Wildman–Crippen MR) is 121 cm³/mol. The molecular formula is C23H26N4O6. The predicted octanol–water partition coefficient (Wildman–Crippen LogP) is 0.473. The summed E-state index contributed by atoms with van der Waals surface area (Å²) in [5.41, 5.74) is 7.55. The van der Waals surface area contributed by atoms with Crippen molar-refractivity contribution < 1.29 is 29.0 Å². The number of morpholine rings is 2. The first kappa shape index (κ1) is 22.7. The summed E-state index contributed by atoms with van der Waals surface area (Å²) in [5.74, 6) is -1.46. The lowest BCUT2D eigenvalue weighted by Gasteiger charge is -2.34. The minimum absolute atomic E-state index is 0.129. The Balaban J connectivity index is 1.46. The van der Waals surface area contributed by atoms with Crippen molar-refractivity contribution in [2.24, 2.45) is 0 Å². The van der Waals surface area contributed by atoms with Crippen LogP contribution in [0.25, 0.3) is 0 Å². The second kappa shape index (κ2) is 9.99. The van der Waals surface area contributed by atoms with Crippen LogP contribution in [0.15, 0.2) is 48.5 Å². The number of rotatable bonds is 5. The van der Waals surface area contributed by atoms with Crippen LogP contribution in [-0.2, 0) is 19.1 Å². The van der Waals surface area contributed by atoms with E-state index in [-0.39, 0.29) is 19.1 Å². The monoisotopic (exact) mass is 454 g/mol. The lowest BCUT2D eigenvalue weighted by molar-refractivity contribution is -0.150. The van der Waals surface area contributed by atoms with E-state index >= 15 is 0 Å². The van der Waals surface area contributed by atoms with Gasteiger partial charge in [0.25, 0.3) is 17.7 Å². The van der Waals surface area contributed by atoms with Gasteiger partial charge in [0.1, 0.15) is 0 Å². The lowest BCUT2D eigenvalue weighted by atomic mass is 10.1. The first-order valence-electron chi connectivity index (χ1n) is 10.7. The van der Waals surface area contributed by atoms with E-state index in [0.717, 1.165) is 0 Å². The molecule has 2 heterocycles. The Morgan fingerprint density at radius 2 is 1.79 bits per heavy atom. The summed E-state index contributed by atoms with van der Waals surface area (Å²) in [7, 11) is 0. The maximum absolute atomic E-state index is 13.1. The van der Waals surface area contributed by atoms with Gasteiger partial charge in [-0.2, -0.15) is 0 Å². The van der Waals surface area contributed by atoms with Gasteiger partial charge in [-0.3, -0.25) is 14.4 Å². The van der Waals surface area contributed by atoms with Gasteiger partial charge < -0.3 is 35.4 Å². The molecule has 0 unspecified atom stereocenters. The zero-order valence-electron chi connectivity index (χ0n) is 18.0. The number of carbonyl (C=O) groups excluding carboxylic acids is 3. The van der Waals surface area contributed by atoms with Crippen molar-refractivity contribution >= 4 is 34.8 Å². The molecule has 4 N–H and O–H groups in total. The number of aliphatic hydroxyl groups is 1. The fourth-order valence-electron chi connectivity index (χ4n) is 3.76. The van der Waals surface area contributed by atoms with Crippen molar-refractivity contribution in [2.45, 2.75) is 12.2 Å². The highest BCUT2D eigenvalue weighted by molar-refractivity contribution is 6.04. The molecule has 3 amide bonds. The van der Waals surface area contributed by atoms with Crippen LogP contribution >= 0.6 is 0 Å². The summed E-state index contributed by atoms with van der Waals surface area (Å²) in [6.45, 7) is 2.37. The molecule has 0 spiro atoms. The Morgan fingerprint density at radius 3 is 2.52 bits per heavy atom. The van der Waals surface area contributed by atoms with E-state index in [2.05, 4.69) is 5.32 Å². The molecular weight excluding hydrogens is 428 g/mol. The van der Waals surface area contributed by atoms with E-state index < -0.39 is 24.0 Å². The molecule has 0 aromatic heterocycles. The van der Waals surface area contributed by atoms with Crippen molar-refractivity contribution in [3.8, 4) is 0 Å². The summed E-state index contributed by atoms with van der Waals surface area (Å²) in [4.78, 5) is 41.5. The third kappa shape index (κ3) is 5.14. The van der Waals surface area contributed by atoms with Crippen LogP contribution < -0.4 is 16.0 Å². The summed E-state index contributed by atoms with van der Waals surface area (Å²) in [6, 6.07) is 13.1.